The zero-order valence-electron chi connectivity index (χ0n) is 10.3. The normalized spacial score (nSPS) is 15.7. The highest BCUT2D eigenvalue weighted by Crippen LogP contribution is 2.26. The van der Waals surface area contributed by atoms with Crippen LogP contribution in [0.15, 0.2) is 30.6 Å². The number of hydrazine groups is 1. The van der Waals surface area contributed by atoms with Crippen LogP contribution in [0.5, 0.6) is 0 Å². The van der Waals surface area contributed by atoms with Crippen molar-refractivity contribution >= 4 is 0 Å². The smallest absolute Gasteiger partial charge is 0.131 e. The summed E-state index contributed by atoms with van der Waals surface area (Å²) >= 11 is 0. The lowest BCUT2D eigenvalue weighted by Gasteiger charge is -2.17. The Bertz CT molecular complexity index is 564. The van der Waals surface area contributed by atoms with E-state index >= 15 is 0 Å². The van der Waals surface area contributed by atoms with Gasteiger partial charge in [0.25, 0.3) is 0 Å². The highest BCUT2D eigenvalue weighted by atomic mass is 16.5. The third kappa shape index (κ3) is 1.82. The summed E-state index contributed by atoms with van der Waals surface area (Å²) in [6.07, 6.45) is 3.69. The zero-order valence-corrected chi connectivity index (χ0v) is 10.3. The molecule has 2 aromatic rings. The summed E-state index contributed by atoms with van der Waals surface area (Å²) in [5.41, 5.74) is 6.43. The molecule has 0 amide bonds. The third-order valence-corrected chi connectivity index (χ3v) is 3.36. The van der Waals surface area contributed by atoms with E-state index in [1.165, 1.54) is 11.1 Å². The lowest BCUT2D eigenvalue weighted by Crippen LogP contribution is -2.30. The molecule has 1 unspecified atom stereocenters. The molecule has 1 aliphatic heterocycles. The van der Waals surface area contributed by atoms with Crippen molar-refractivity contribution in [3.8, 4) is 0 Å². The molecule has 0 saturated carbocycles. The van der Waals surface area contributed by atoms with Crippen molar-refractivity contribution in [1.82, 2.24) is 15.0 Å². The maximum absolute atomic E-state index is 5.68. The van der Waals surface area contributed by atoms with Crippen LogP contribution in [0.4, 0.5) is 0 Å². The van der Waals surface area contributed by atoms with E-state index in [0.717, 1.165) is 11.4 Å². The van der Waals surface area contributed by atoms with Crippen LogP contribution in [-0.2, 0) is 25.0 Å². The first-order valence-corrected chi connectivity index (χ1v) is 5.92. The van der Waals surface area contributed by atoms with Crippen LogP contribution >= 0.6 is 0 Å². The molecule has 94 valence electrons. The topological polar surface area (TPSA) is 65.1 Å². The molecule has 0 bridgehead atoms. The molecule has 5 nitrogen and oxygen atoms in total. The Morgan fingerprint density at radius 2 is 2.22 bits per heavy atom. The fourth-order valence-electron chi connectivity index (χ4n) is 2.35. The molecule has 1 aliphatic rings. The summed E-state index contributed by atoms with van der Waals surface area (Å²) in [7, 11) is 1.96. The van der Waals surface area contributed by atoms with Crippen molar-refractivity contribution in [1.29, 1.82) is 0 Å². The molecule has 1 aromatic carbocycles. The molecule has 2 heterocycles. The van der Waals surface area contributed by atoms with Gasteiger partial charge in [0.1, 0.15) is 11.9 Å². The minimum Gasteiger partial charge on any atom is -0.372 e. The van der Waals surface area contributed by atoms with Gasteiger partial charge in [-0.3, -0.25) is 5.84 Å². The number of aromatic nitrogens is 2. The van der Waals surface area contributed by atoms with Crippen LogP contribution in [0.25, 0.3) is 0 Å². The fraction of sp³-hybridized carbons (Fsp3) is 0.308. The third-order valence-electron chi connectivity index (χ3n) is 3.36. The minimum absolute atomic E-state index is 0.101. The molecule has 3 rings (SSSR count). The number of nitrogens with zero attached hydrogens (tertiary/aromatic N) is 2. The Kier molecular flexibility index (Phi) is 2.87. The van der Waals surface area contributed by atoms with Crippen LogP contribution < -0.4 is 11.3 Å². The second kappa shape index (κ2) is 4.53. The van der Waals surface area contributed by atoms with Gasteiger partial charge < -0.3 is 9.30 Å². The summed E-state index contributed by atoms with van der Waals surface area (Å²) in [5.74, 6) is 6.57. The second-order valence-electron chi connectivity index (χ2n) is 4.52. The maximum Gasteiger partial charge on any atom is 0.131 e. The molecular formula is C13H16N4O. The number of fused-ring (bicyclic) bond motifs is 1. The number of ether oxygens (including phenoxy) is 1. The molecule has 0 fully saturated rings. The Labute approximate surface area is 106 Å². The fourth-order valence-corrected chi connectivity index (χ4v) is 2.35. The van der Waals surface area contributed by atoms with Gasteiger partial charge in [0.2, 0.25) is 0 Å². The van der Waals surface area contributed by atoms with Crippen molar-refractivity contribution in [3.05, 3.63) is 53.1 Å². The van der Waals surface area contributed by atoms with Crippen LogP contribution in [0, 0.1) is 0 Å². The first kappa shape index (κ1) is 11.4. The summed E-state index contributed by atoms with van der Waals surface area (Å²) in [4.78, 5) is 4.35. The van der Waals surface area contributed by atoms with Gasteiger partial charge in [0.15, 0.2) is 0 Å². The van der Waals surface area contributed by atoms with Gasteiger partial charge >= 0.3 is 0 Å². The molecule has 3 N–H and O–H groups in total. The standard InChI is InChI=1S/C13H16N4O/c1-17-5-4-15-13(17)12(16-14)9-2-3-10-7-18-8-11(10)6-9/h2-6,12,16H,7-8,14H2,1H3. The Morgan fingerprint density at radius 3 is 2.94 bits per heavy atom. The molecule has 1 aromatic heterocycles. The first-order valence-electron chi connectivity index (χ1n) is 5.92. The van der Waals surface area contributed by atoms with Crippen LogP contribution in [0.1, 0.15) is 28.6 Å². The van der Waals surface area contributed by atoms with Crippen molar-refractivity contribution in [2.24, 2.45) is 12.9 Å². The molecule has 0 spiro atoms. The lowest BCUT2D eigenvalue weighted by atomic mass is 10.0. The molecule has 0 saturated heterocycles. The number of rotatable bonds is 3. The van der Waals surface area contributed by atoms with E-state index in [1.54, 1.807) is 6.20 Å². The average Bonchev–Trinajstić information content (AvgIpc) is 2.99. The van der Waals surface area contributed by atoms with Crippen LogP contribution in [0.2, 0.25) is 0 Å². The number of nitrogens with one attached hydrogen (secondary N) is 1. The van der Waals surface area contributed by atoms with E-state index in [2.05, 4.69) is 28.6 Å². The summed E-state index contributed by atoms with van der Waals surface area (Å²) in [6, 6.07) is 6.22. The van der Waals surface area contributed by atoms with E-state index in [1.807, 2.05) is 17.8 Å². The maximum atomic E-state index is 5.68. The van der Waals surface area contributed by atoms with Crippen molar-refractivity contribution in [3.63, 3.8) is 0 Å². The quantitative estimate of drug-likeness (QED) is 0.624. The van der Waals surface area contributed by atoms with Gasteiger partial charge in [-0.05, 0) is 16.7 Å². The molecule has 0 aliphatic carbocycles. The van der Waals surface area contributed by atoms with E-state index < -0.39 is 0 Å². The number of nitrogens with two attached hydrogens (primary N) is 1. The molecule has 1 atom stereocenters. The van der Waals surface area contributed by atoms with Gasteiger partial charge in [0.05, 0.1) is 13.2 Å². The number of hydrogen-bond donors (Lipinski definition) is 2. The number of benzene rings is 1. The van der Waals surface area contributed by atoms with Gasteiger partial charge in [-0.2, -0.15) is 0 Å². The molecule has 0 radical (unpaired) electrons. The second-order valence-corrected chi connectivity index (χ2v) is 4.52. The monoisotopic (exact) mass is 244 g/mol. The summed E-state index contributed by atoms with van der Waals surface area (Å²) in [6.45, 7) is 1.39. The number of aryl methyl sites for hydroxylation is 1. The molecule has 18 heavy (non-hydrogen) atoms. The van der Waals surface area contributed by atoms with Gasteiger partial charge in [-0.15, -0.1) is 0 Å². The van der Waals surface area contributed by atoms with E-state index in [4.69, 9.17) is 10.6 Å². The Morgan fingerprint density at radius 1 is 1.39 bits per heavy atom. The van der Waals surface area contributed by atoms with Gasteiger partial charge in [-0.25, -0.2) is 10.4 Å². The van der Waals surface area contributed by atoms with Crippen LogP contribution in [0.3, 0.4) is 0 Å². The molecular weight excluding hydrogens is 228 g/mol. The summed E-state index contributed by atoms with van der Waals surface area (Å²) < 4.78 is 7.39. The zero-order chi connectivity index (χ0) is 12.5. The van der Waals surface area contributed by atoms with Crippen LogP contribution in [-0.4, -0.2) is 9.55 Å². The average molecular weight is 244 g/mol. The van der Waals surface area contributed by atoms with Gasteiger partial charge in [-0.1, -0.05) is 18.2 Å². The van der Waals surface area contributed by atoms with Crippen molar-refractivity contribution in [2.45, 2.75) is 19.3 Å². The van der Waals surface area contributed by atoms with Crippen molar-refractivity contribution < 1.29 is 4.74 Å². The van der Waals surface area contributed by atoms with E-state index in [9.17, 15) is 0 Å². The molecule has 5 heteroatoms. The van der Waals surface area contributed by atoms with E-state index in [-0.39, 0.29) is 6.04 Å². The summed E-state index contributed by atoms with van der Waals surface area (Å²) in [5, 5.41) is 0. The number of imidazole rings is 1. The highest BCUT2D eigenvalue weighted by molar-refractivity contribution is 5.36. The Balaban J connectivity index is 2.00. The predicted octanol–water partition coefficient (Wildman–Crippen LogP) is 1.00. The first-order chi connectivity index (χ1) is 8.79. The largest absolute Gasteiger partial charge is 0.372 e. The van der Waals surface area contributed by atoms with Gasteiger partial charge in [0, 0.05) is 19.4 Å². The van der Waals surface area contributed by atoms with E-state index in [0.29, 0.717) is 13.2 Å². The van der Waals surface area contributed by atoms with Crippen molar-refractivity contribution in [2.75, 3.05) is 0 Å². The highest BCUT2D eigenvalue weighted by Gasteiger charge is 2.19. The Hall–Kier alpha value is -1.69. The lowest BCUT2D eigenvalue weighted by molar-refractivity contribution is 0.134. The number of hydrogen-bond acceptors (Lipinski definition) is 4. The minimum atomic E-state index is -0.101. The SMILES string of the molecule is Cn1ccnc1C(NN)c1ccc2c(c1)COC2. The predicted molar refractivity (Wildman–Crippen MR) is 67.3 cm³/mol.